The Balaban J connectivity index is 2.19. The second-order valence-corrected chi connectivity index (χ2v) is 4.57. The van der Waals surface area contributed by atoms with Gasteiger partial charge in [0, 0.05) is 6.04 Å². The topological polar surface area (TPSA) is 71.4 Å². The summed E-state index contributed by atoms with van der Waals surface area (Å²) in [6.45, 7) is 4.06. The standard InChI is InChI=1S/C15H16N2O3/c1-3-10(2)17-15(18)12(8-16)6-11-4-5-13-14(7-11)20-9-19-13/h4-7,10H,3,9H2,1-2H3,(H,17,18)/b12-6+/t10-/m1/s1. The molecule has 0 saturated heterocycles. The molecule has 1 aliphatic rings. The first-order chi connectivity index (χ1) is 9.63. The molecule has 0 fully saturated rings. The number of nitriles is 1. The van der Waals surface area contributed by atoms with Gasteiger partial charge in [0.15, 0.2) is 11.5 Å². The maximum absolute atomic E-state index is 11.9. The maximum atomic E-state index is 11.9. The highest BCUT2D eigenvalue weighted by molar-refractivity contribution is 6.01. The van der Waals surface area contributed by atoms with Gasteiger partial charge in [-0.05, 0) is 37.1 Å². The van der Waals surface area contributed by atoms with Crippen LogP contribution in [0.5, 0.6) is 11.5 Å². The smallest absolute Gasteiger partial charge is 0.262 e. The lowest BCUT2D eigenvalue weighted by Crippen LogP contribution is -2.32. The molecule has 0 saturated carbocycles. The minimum atomic E-state index is -0.362. The lowest BCUT2D eigenvalue weighted by Gasteiger charge is -2.10. The Hall–Kier alpha value is -2.48. The van der Waals surface area contributed by atoms with Crippen LogP contribution in [0, 0.1) is 11.3 Å². The quantitative estimate of drug-likeness (QED) is 0.674. The zero-order valence-corrected chi connectivity index (χ0v) is 11.5. The van der Waals surface area contributed by atoms with Gasteiger partial charge in [0.05, 0.1) is 0 Å². The molecule has 104 valence electrons. The monoisotopic (exact) mass is 272 g/mol. The molecule has 0 radical (unpaired) electrons. The van der Waals surface area contributed by atoms with E-state index in [1.54, 1.807) is 24.3 Å². The predicted octanol–water partition coefficient (Wildman–Crippen LogP) is 2.24. The molecule has 1 heterocycles. The first kappa shape index (κ1) is 13.9. The molecule has 0 spiro atoms. The highest BCUT2D eigenvalue weighted by Gasteiger charge is 2.15. The van der Waals surface area contributed by atoms with Crippen molar-refractivity contribution in [2.45, 2.75) is 26.3 Å². The van der Waals surface area contributed by atoms with E-state index in [4.69, 9.17) is 14.7 Å². The number of fused-ring (bicyclic) bond motifs is 1. The molecule has 0 unspecified atom stereocenters. The van der Waals surface area contributed by atoms with Gasteiger partial charge in [-0.1, -0.05) is 13.0 Å². The van der Waals surface area contributed by atoms with Gasteiger partial charge in [0.1, 0.15) is 11.6 Å². The molecule has 20 heavy (non-hydrogen) atoms. The maximum Gasteiger partial charge on any atom is 0.262 e. The Morgan fingerprint density at radius 1 is 1.50 bits per heavy atom. The number of carbonyl (C=O) groups is 1. The summed E-state index contributed by atoms with van der Waals surface area (Å²) in [5.41, 5.74) is 0.800. The summed E-state index contributed by atoms with van der Waals surface area (Å²) >= 11 is 0. The molecule has 0 aromatic heterocycles. The van der Waals surface area contributed by atoms with E-state index in [-0.39, 0.29) is 24.3 Å². The molecule has 0 aliphatic carbocycles. The van der Waals surface area contributed by atoms with Crippen molar-refractivity contribution in [1.82, 2.24) is 5.32 Å². The Morgan fingerprint density at radius 3 is 2.95 bits per heavy atom. The molecular weight excluding hydrogens is 256 g/mol. The van der Waals surface area contributed by atoms with Crippen LogP contribution in [0.15, 0.2) is 23.8 Å². The molecule has 1 atom stereocenters. The summed E-state index contributed by atoms with van der Waals surface area (Å²) in [6, 6.07) is 7.25. The summed E-state index contributed by atoms with van der Waals surface area (Å²) in [5, 5.41) is 11.9. The largest absolute Gasteiger partial charge is 0.454 e. The van der Waals surface area contributed by atoms with Crippen LogP contribution >= 0.6 is 0 Å². The first-order valence-electron chi connectivity index (χ1n) is 6.46. The van der Waals surface area contributed by atoms with E-state index < -0.39 is 0 Å². The van der Waals surface area contributed by atoms with Gasteiger partial charge in [-0.25, -0.2) is 0 Å². The van der Waals surface area contributed by atoms with Crippen molar-refractivity contribution in [3.8, 4) is 17.6 Å². The Bertz CT molecular complexity index is 587. The van der Waals surface area contributed by atoms with E-state index in [1.807, 2.05) is 19.9 Å². The molecule has 1 amide bonds. The van der Waals surface area contributed by atoms with Crippen molar-refractivity contribution >= 4 is 12.0 Å². The van der Waals surface area contributed by atoms with E-state index in [9.17, 15) is 4.79 Å². The predicted molar refractivity (Wildman–Crippen MR) is 74.1 cm³/mol. The number of benzene rings is 1. The van der Waals surface area contributed by atoms with Crippen molar-refractivity contribution in [2.24, 2.45) is 0 Å². The van der Waals surface area contributed by atoms with Crippen LogP contribution in [-0.4, -0.2) is 18.7 Å². The number of carbonyl (C=O) groups excluding carboxylic acids is 1. The van der Waals surface area contributed by atoms with Crippen LogP contribution in [0.3, 0.4) is 0 Å². The van der Waals surface area contributed by atoms with Crippen LogP contribution in [0.25, 0.3) is 6.08 Å². The highest BCUT2D eigenvalue weighted by atomic mass is 16.7. The van der Waals surface area contributed by atoms with E-state index in [1.165, 1.54) is 0 Å². The minimum absolute atomic E-state index is 0.0380. The fraction of sp³-hybridized carbons (Fsp3) is 0.333. The molecule has 1 aromatic rings. The van der Waals surface area contributed by atoms with Crippen molar-refractivity contribution in [3.63, 3.8) is 0 Å². The molecule has 5 nitrogen and oxygen atoms in total. The Labute approximate surface area is 117 Å². The summed E-state index contributed by atoms with van der Waals surface area (Å²) in [4.78, 5) is 11.9. The van der Waals surface area contributed by atoms with Crippen molar-refractivity contribution in [2.75, 3.05) is 6.79 Å². The number of nitrogens with one attached hydrogen (secondary N) is 1. The van der Waals surface area contributed by atoms with Crippen LogP contribution in [0.2, 0.25) is 0 Å². The van der Waals surface area contributed by atoms with Gasteiger partial charge in [0.25, 0.3) is 5.91 Å². The molecule has 1 aromatic carbocycles. The third kappa shape index (κ3) is 3.09. The summed E-state index contributed by atoms with van der Waals surface area (Å²) in [7, 11) is 0. The highest BCUT2D eigenvalue weighted by Crippen LogP contribution is 2.33. The Morgan fingerprint density at radius 2 is 2.25 bits per heavy atom. The number of nitrogens with zero attached hydrogens (tertiary/aromatic N) is 1. The first-order valence-corrected chi connectivity index (χ1v) is 6.46. The average Bonchev–Trinajstić information content (AvgIpc) is 2.91. The van der Waals surface area contributed by atoms with Gasteiger partial charge >= 0.3 is 0 Å². The van der Waals surface area contributed by atoms with E-state index in [2.05, 4.69) is 5.32 Å². The zero-order chi connectivity index (χ0) is 14.5. The summed E-state index contributed by atoms with van der Waals surface area (Å²) in [6.07, 6.45) is 2.36. The lowest BCUT2D eigenvalue weighted by atomic mass is 10.1. The molecule has 1 aliphatic heterocycles. The molecular formula is C15H16N2O3. The van der Waals surface area contributed by atoms with Gasteiger partial charge in [-0.3, -0.25) is 4.79 Å². The third-order valence-electron chi connectivity index (χ3n) is 3.06. The molecule has 2 rings (SSSR count). The van der Waals surface area contributed by atoms with Crippen LogP contribution in [0.4, 0.5) is 0 Å². The second-order valence-electron chi connectivity index (χ2n) is 4.57. The second kappa shape index (κ2) is 6.11. The summed E-state index contributed by atoms with van der Waals surface area (Å²) in [5.74, 6) is 0.933. The fourth-order valence-corrected chi connectivity index (χ4v) is 1.72. The van der Waals surface area contributed by atoms with Gasteiger partial charge in [0.2, 0.25) is 6.79 Å². The summed E-state index contributed by atoms with van der Waals surface area (Å²) < 4.78 is 10.5. The normalized spacial score (nSPS) is 14.6. The van der Waals surface area contributed by atoms with Crippen molar-refractivity contribution in [3.05, 3.63) is 29.3 Å². The number of rotatable bonds is 4. The van der Waals surface area contributed by atoms with Crippen molar-refractivity contribution < 1.29 is 14.3 Å². The van der Waals surface area contributed by atoms with Crippen LogP contribution in [-0.2, 0) is 4.79 Å². The van der Waals surface area contributed by atoms with Crippen LogP contribution < -0.4 is 14.8 Å². The van der Waals surface area contributed by atoms with Gasteiger partial charge in [-0.2, -0.15) is 5.26 Å². The minimum Gasteiger partial charge on any atom is -0.454 e. The van der Waals surface area contributed by atoms with E-state index in [0.29, 0.717) is 11.5 Å². The van der Waals surface area contributed by atoms with Crippen molar-refractivity contribution in [1.29, 1.82) is 5.26 Å². The third-order valence-corrected chi connectivity index (χ3v) is 3.06. The average molecular weight is 272 g/mol. The lowest BCUT2D eigenvalue weighted by molar-refractivity contribution is -0.117. The van der Waals surface area contributed by atoms with E-state index in [0.717, 1.165) is 12.0 Å². The molecule has 1 N–H and O–H groups in total. The molecule has 5 heteroatoms. The van der Waals surface area contributed by atoms with Gasteiger partial charge < -0.3 is 14.8 Å². The molecule has 0 bridgehead atoms. The number of hydrogen-bond donors (Lipinski definition) is 1. The number of amides is 1. The van der Waals surface area contributed by atoms with E-state index >= 15 is 0 Å². The zero-order valence-electron chi connectivity index (χ0n) is 11.5. The SMILES string of the molecule is CC[C@@H](C)NC(=O)/C(C#N)=C/c1ccc2c(c1)OCO2. The fourth-order valence-electron chi connectivity index (χ4n) is 1.72. The van der Waals surface area contributed by atoms with Gasteiger partial charge in [-0.15, -0.1) is 0 Å². The number of hydrogen-bond acceptors (Lipinski definition) is 4. The Kier molecular flexibility index (Phi) is 4.26. The van der Waals surface area contributed by atoms with Crippen LogP contribution in [0.1, 0.15) is 25.8 Å². The number of ether oxygens (including phenoxy) is 2.